The van der Waals surface area contributed by atoms with Gasteiger partial charge in [-0.15, -0.1) is 0 Å². The van der Waals surface area contributed by atoms with Crippen molar-refractivity contribution in [3.05, 3.63) is 22.8 Å². The summed E-state index contributed by atoms with van der Waals surface area (Å²) in [7, 11) is 0. The Balaban J connectivity index is 1.43. The first-order chi connectivity index (χ1) is 10.2. The average Bonchev–Trinajstić information content (AvgIpc) is 3.32. The highest BCUT2D eigenvalue weighted by Crippen LogP contribution is 2.19. The van der Waals surface area contributed by atoms with Gasteiger partial charge in [-0.05, 0) is 40.9 Å². The Bertz CT molecular complexity index is 481. The van der Waals surface area contributed by atoms with Crippen molar-refractivity contribution in [1.82, 2.24) is 15.2 Å². The Morgan fingerprint density at radius 3 is 2.67 bits per heavy atom. The quantitative estimate of drug-likeness (QED) is 0.874. The molecule has 2 fully saturated rings. The molecule has 2 aliphatic rings. The molecule has 0 aromatic carbocycles. The number of carbonyl (C=O) groups is 1. The summed E-state index contributed by atoms with van der Waals surface area (Å²) in [5.41, 5.74) is 0. The summed E-state index contributed by atoms with van der Waals surface area (Å²) in [6.07, 6.45) is 4.98. The molecule has 1 aromatic rings. The van der Waals surface area contributed by atoms with Gasteiger partial charge in [0, 0.05) is 55.9 Å². The molecule has 2 heterocycles. The number of nitrogens with zero attached hydrogens (tertiary/aromatic N) is 3. The van der Waals surface area contributed by atoms with Gasteiger partial charge in [-0.3, -0.25) is 4.79 Å². The molecule has 3 rings (SSSR count). The van der Waals surface area contributed by atoms with Crippen LogP contribution in [0.25, 0.3) is 0 Å². The van der Waals surface area contributed by atoms with Gasteiger partial charge in [-0.2, -0.15) is 0 Å². The second kappa shape index (κ2) is 6.75. The predicted molar refractivity (Wildman–Crippen MR) is 86.4 cm³/mol. The molecule has 0 radical (unpaired) electrons. The second-order valence-corrected chi connectivity index (χ2v) is 6.60. The van der Waals surface area contributed by atoms with Crippen LogP contribution in [0, 0.1) is 0 Å². The molecule has 1 aliphatic carbocycles. The average molecular weight is 353 g/mol. The Morgan fingerprint density at radius 1 is 1.29 bits per heavy atom. The van der Waals surface area contributed by atoms with E-state index >= 15 is 0 Å². The number of piperazine rings is 1. The van der Waals surface area contributed by atoms with E-state index in [1.807, 2.05) is 23.2 Å². The maximum atomic E-state index is 12.1. The van der Waals surface area contributed by atoms with Crippen LogP contribution in [0.2, 0.25) is 0 Å². The Hall–Kier alpha value is -1.14. The molecular weight excluding hydrogens is 332 g/mol. The van der Waals surface area contributed by atoms with E-state index in [9.17, 15) is 4.79 Å². The van der Waals surface area contributed by atoms with Crippen LogP contribution in [0.5, 0.6) is 0 Å². The van der Waals surface area contributed by atoms with E-state index in [1.165, 1.54) is 12.8 Å². The molecule has 0 unspecified atom stereocenters. The molecule has 0 atom stereocenters. The fourth-order valence-corrected chi connectivity index (χ4v) is 2.80. The van der Waals surface area contributed by atoms with Crippen molar-refractivity contribution in [2.75, 3.05) is 37.6 Å². The monoisotopic (exact) mass is 352 g/mol. The van der Waals surface area contributed by atoms with E-state index in [-0.39, 0.29) is 5.91 Å². The molecule has 5 nitrogen and oxygen atoms in total. The van der Waals surface area contributed by atoms with Gasteiger partial charge >= 0.3 is 0 Å². The summed E-state index contributed by atoms with van der Waals surface area (Å²) in [5, 5.41) is 3.39. The lowest BCUT2D eigenvalue weighted by Gasteiger charge is -2.35. The minimum Gasteiger partial charge on any atom is -0.353 e. The number of halogens is 1. The van der Waals surface area contributed by atoms with E-state index < -0.39 is 0 Å². The second-order valence-electron chi connectivity index (χ2n) is 5.68. The molecule has 0 spiro atoms. The number of aromatic nitrogens is 1. The molecule has 0 bridgehead atoms. The van der Waals surface area contributed by atoms with Crippen molar-refractivity contribution in [2.45, 2.75) is 25.3 Å². The largest absolute Gasteiger partial charge is 0.353 e. The Morgan fingerprint density at radius 2 is 2.05 bits per heavy atom. The van der Waals surface area contributed by atoms with E-state index in [1.54, 1.807) is 0 Å². The number of hydrogen-bond donors (Lipinski definition) is 1. The van der Waals surface area contributed by atoms with E-state index in [4.69, 9.17) is 0 Å². The molecule has 114 valence electrons. The van der Waals surface area contributed by atoms with Crippen molar-refractivity contribution in [3.8, 4) is 0 Å². The highest BCUT2D eigenvalue weighted by atomic mass is 79.9. The van der Waals surface area contributed by atoms with Crippen molar-refractivity contribution in [3.63, 3.8) is 0 Å². The molecule has 1 saturated carbocycles. The van der Waals surface area contributed by atoms with Crippen molar-refractivity contribution in [1.29, 1.82) is 0 Å². The van der Waals surface area contributed by atoms with Crippen molar-refractivity contribution >= 4 is 27.7 Å². The number of nitrogens with one attached hydrogen (secondary N) is 1. The van der Waals surface area contributed by atoms with Gasteiger partial charge in [0.1, 0.15) is 5.82 Å². The van der Waals surface area contributed by atoms with Crippen LogP contribution in [0.15, 0.2) is 22.8 Å². The van der Waals surface area contributed by atoms with Gasteiger partial charge in [0.05, 0.1) is 0 Å². The molecule has 1 N–H and O–H groups in total. The standard InChI is InChI=1S/C15H21BrN4O/c16-12-1-4-14(18-11-12)19-7-9-20(10-8-19)15(21)5-6-17-13-2-3-13/h1,4,11,13,17H,2-3,5-10H2. The molecule has 1 amide bonds. The fraction of sp³-hybridized carbons (Fsp3) is 0.600. The summed E-state index contributed by atoms with van der Waals surface area (Å²) >= 11 is 3.40. The number of anilines is 1. The Kier molecular flexibility index (Phi) is 4.75. The van der Waals surface area contributed by atoms with E-state index in [2.05, 4.69) is 31.1 Å². The first kappa shape index (κ1) is 14.8. The summed E-state index contributed by atoms with van der Waals surface area (Å²) < 4.78 is 0.989. The number of hydrogen-bond acceptors (Lipinski definition) is 4. The summed E-state index contributed by atoms with van der Waals surface area (Å²) in [5.74, 6) is 1.26. The van der Waals surface area contributed by atoms with Gasteiger partial charge < -0.3 is 15.1 Å². The predicted octanol–water partition coefficient (Wildman–Crippen LogP) is 1.63. The van der Waals surface area contributed by atoms with Gasteiger partial charge in [-0.1, -0.05) is 0 Å². The number of rotatable bonds is 5. The maximum Gasteiger partial charge on any atom is 0.223 e. The minimum atomic E-state index is 0.270. The zero-order valence-corrected chi connectivity index (χ0v) is 13.7. The highest BCUT2D eigenvalue weighted by Gasteiger charge is 2.23. The summed E-state index contributed by atoms with van der Waals surface area (Å²) in [4.78, 5) is 20.8. The lowest BCUT2D eigenvalue weighted by atomic mass is 10.2. The van der Waals surface area contributed by atoms with Gasteiger partial charge in [-0.25, -0.2) is 4.98 Å². The third-order valence-corrected chi connectivity index (χ3v) is 4.49. The molecule has 6 heteroatoms. The van der Waals surface area contributed by atoms with Crippen molar-refractivity contribution < 1.29 is 4.79 Å². The molecule has 1 aromatic heterocycles. The molecule has 1 aliphatic heterocycles. The minimum absolute atomic E-state index is 0.270. The van der Waals surface area contributed by atoms with Crippen LogP contribution in [-0.2, 0) is 4.79 Å². The van der Waals surface area contributed by atoms with E-state index in [0.29, 0.717) is 12.5 Å². The lowest BCUT2D eigenvalue weighted by Crippen LogP contribution is -2.49. The number of pyridine rings is 1. The third kappa shape index (κ3) is 4.17. The lowest BCUT2D eigenvalue weighted by molar-refractivity contribution is -0.131. The summed E-state index contributed by atoms with van der Waals surface area (Å²) in [6.45, 7) is 4.12. The molecule has 1 saturated heterocycles. The molecule has 21 heavy (non-hydrogen) atoms. The van der Waals surface area contributed by atoms with Crippen LogP contribution in [0.4, 0.5) is 5.82 Å². The fourth-order valence-electron chi connectivity index (χ4n) is 2.57. The highest BCUT2D eigenvalue weighted by molar-refractivity contribution is 9.10. The zero-order valence-electron chi connectivity index (χ0n) is 12.1. The van der Waals surface area contributed by atoms with Gasteiger partial charge in [0.25, 0.3) is 0 Å². The first-order valence-electron chi connectivity index (χ1n) is 7.60. The topological polar surface area (TPSA) is 48.5 Å². The zero-order chi connectivity index (χ0) is 14.7. The van der Waals surface area contributed by atoms with Crippen LogP contribution >= 0.6 is 15.9 Å². The van der Waals surface area contributed by atoms with Crippen LogP contribution in [0.1, 0.15) is 19.3 Å². The van der Waals surface area contributed by atoms with Gasteiger partial charge in [0.15, 0.2) is 0 Å². The normalized spacial score (nSPS) is 18.9. The van der Waals surface area contributed by atoms with Crippen LogP contribution in [-0.4, -0.2) is 54.6 Å². The van der Waals surface area contributed by atoms with Gasteiger partial charge in [0.2, 0.25) is 5.91 Å². The smallest absolute Gasteiger partial charge is 0.223 e. The summed E-state index contributed by atoms with van der Waals surface area (Å²) in [6, 6.07) is 4.70. The van der Waals surface area contributed by atoms with E-state index in [0.717, 1.165) is 43.0 Å². The SMILES string of the molecule is O=C(CCNC1CC1)N1CCN(c2ccc(Br)cn2)CC1. The number of carbonyl (C=O) groups excluding carboxylic acids is 1. The Labute approximate surface area is 133 Å². The first-order valence-corrected chi connectivity index (χ1v) is 8.39. The third-order valence-electron chi connectivity index (χ3n) is 4.02. The number of amides is 1. The van der Waals surface area contributed by atoms with Crippen LogP contribution in [0.3, 0.4) is 0 Å². The van der Waals surface area contributed by atoms with Crippen LogP contribution < -0.4 is 10.2 Å². The maximum absolute atomic E-state index is 12.1. The van der Waals surface area contributed by atoms with Crippen molar-refractivity contribution in [2.24, 2.45) is 0 Å². The molecular formula is C15H21BrN4O.